The second-order valence-corrected chi connectivity index (χ2v) is 4.84. The van der Waals surface area contributed by atoms with E-state index in [0.717, 1.165) is 32.4 Å². The summed E-state index contributed by atoms with van der Waals surface area (Å²) in [6.45, 7) is 7.71. The zero-order chi connectivity index (χ0) is 13.9. The second-order valence-electron chi connectivity index (χ2n) is 4.84. The Bertz CT molecular complexity index is 248. The third kappa shape index (κ3) is 6.36. The minimum Gasteiger partial charge on any atom is -0.463 e. The summed E-state index contributed by atoms with van der Waals surface area (Å²) in [7, 11) is 0. The van der Waals surface area contributed by atoms with Crippen molar-refractivity contribution in [3.63, 3.8) is 0 Å². The Morgan fingerprint density at radius 2 is 2.05 bits per heavy atom. The maximum Gasteiger partial charge on any atom is 0.313 e. The number of carbonyl (C=O) groups is 1. The summed E-state index contributed by atoms with van der Waals surface area (Å²) in [5, 5.41) is 3.32. The van der Waals surface area contributed by atoms with Crippen LogP contribution < -0.4 is 5.32 Å². The first kappa shape index (κ1) is 16.4. The number of ether oxygens (including phenoxy) is 3. The van der Waals surface area contributed by atoms with E-state index in [1.165, 1.54) is 0 Å². The molecule has 5 heteroatoms. The molecule has 0 bridgehead atoms. The molecular formula is C14H27NO4. The Kier molecular flexibility index (Phi) is 8.79. The van der Waals surface area contributed by atoms with Gasteiger partial charge in [-0.25, -0.2) is 0 Å². The van der Waals surface area contributed by atoms with Crippen LogP contribution in [0.25, 0.3) is 0 Å². The molecule has 0 aliphatic carbocycles. The molecule has 2 atom stereocenters. The third-order valence-corrected chi connectivity index (χ3v) is 3.15. The van der Waals surface area contributed by atoms with Crippen molar-refractivity contribution in [3.05, 3.63) is 0 Å². The molecule has 2 unspecified atom stereocenters. The highest BCUT2D eigenvalue weighted by molar-refractivity contribution is 5.73. The topological polar surface area (TPSA) is 56.8 Å². The standard InChI is InChI=1S/C14H27NO4/c1-3-5-7-17-8-9-19-14(16)12-10-18-11-13(12)15-6-4-2/h12-13,15H,3-11H2,1-2H3. The van der Waals surface area contributed by atoms with Crippen molar-refractivity contribution < 1.29 is 19.0 Å². The maximum absolute atomic E-state index is 11.9. The quantitative estimate of drug-likeness (QED) is 0.481. The van der Waals surface area contributed by atoms with Gasteiger partial charge in [0.05, 0.1) is 25.7 Å². The van der Waals surface area contributed by atoms with Crippen LogP contribution in [0.2, 0.25) is 0 Å². The number of nitrogens with one attached hydrogen (secondary N) is 1. The van der Waals surface area contributed by atoms with E-state index < -0.39 is 0 Å². The van der Waals surface area contributed by atoms with Crippen molar-refractivity contribution >= 4 is 5.97 Å². The maximum atomic E-state index is 11.9. The number of hydrogen-bond donors (Lipinski definition) is 1. The molecule has 0 saturated carbocycles. The molecule has 1 rings (SSSR count). The molecule has 0 radical (unpaired) electrons. The molecule has 1 fully saturated rings. The first-order chi connectivity index (χ1) is 9.29. The van der Waals surface area contributed by atoms with Crippen molar-refractivity contribution in [3.8, 4) is 0 Å². The smallest absolute Gasteiger partial charge is 0.313 e. The summed E-state index contributed by atoms with van der Waals surface area (Å²) in [4.78, 5) is 11.9. The van der Waals surface area contributed by atoms with Crippen LogP contribution in [0.1, 0.15) is 33.1 Å². The summed E-state index contributed by atoms with van der Waals surface area (Å²) in [6.07, 6.45) is 3.21. The highest BCUT2D eigenvalue weighted by Crippen LogP contribution is 2.15. The van der Waals surface area contributed by atoms with Gasteiger partial charge in [0.15, 0.2) is 0 Å². The molecule has 0 aromatic heterocycles. The van der Waals surface area contributed by atoms with E-state index >= 15 is 0 Å². The fourth-order valence-corrected chi connectivity index (χ4v) is 1.97. The van der Waals surface area contributed by atoms with Crippen LogP contribution in [0.4, 0.5) is 0 Å². The lowest BCUT2D eigenvalue weighted by Crippen LogP contribution is -2.40. The van der Waals surface area contributed by atoms with Gasteiger partial charge in [0.25, 0.3) is 0 Å². The van der Waals surface area contributed by atoms with Gasteiger partial charge in [-0.1, -0.05) is 20.3 Å². The normalized spacial score (nSPS) is 22.6. The molecule has 1 heterocycles. The van der Waals surface area contributed by atoms with Gasteiger partial charge in [0.2, 0.25) is 0 Å². The summed E-state index contributed by atoms with van der Waals surface area (Å²) in [5.41, 5.74) is 0. The lowest BCUT2D eigenvalue weighted by Gasteiger charge is -2.17. The first-order valence-corrected chi connectivity index (χ1v) is 7.35. The summed E-state index contributed by atoms with van der Waals surface area (Å²) < 4.78 is 15.9. The van der Waals surface area contributed by atoms with Gasteiger partial charge in [-0.3, -0.25) is 4.79 Å². The molecule has 19 heavy (non-hydrogen) atoms. The monoisotopic (exact) mass is 273 g/mol. The van der Waals surface area contributed by atoms with Crippen LogP contribution in [-0.4, -0.2) is 51.6 Å². The van der Waals surface area contributed by atoms with Gasteiger partial charge in [-0.05, 0) is 19.4 Å². The van der Waals surface area contributed by atoms with E-state index in [1.54, 1.807) is 0 Å². The second kappa shape index (κ2) is 10.2. The molecule has 1 N–H and O–H groups in total. The van der Waals surface area contributed by atoms with E-state index in [0.29, 0.717) is 26.4 Å². The number of esters is 1. The number of rotatable bonds is 10. The molecule has 0 aromatic rings. The predicted molar refractivity (Wildman–Crippen MR) is 73.1 cm³/mol. The SMILES string of the molecule is CCCCOCCOC(=O)C1COCC1NCCC. The van der Waals surface area contributed by atoms with Gasteiger partial charge in [0.1, 0.15) is 6.61 Å². The Balaban J connectivity index is 2.13. The molecular weight excluding hydrogens is 246 g/mol. The molecule has 1 aliphatic rings. The molecule has 0 spiro atoms. The van der Waals surface area contributed by atoms with Crippen LogP contribution in [0.15, 0.2) is 0 Å². The van der Waals surface area contributed by atoms with Crippen molar-refractivity contribution in [2.24, 2.45) is 5.92 Å². The van der Waals surface area contributed by atoms with Crippen molar-refractivity contribution in [1.82, 2.24) is 5.32 Å². The molecule has 5 nitrogen and oxygen atoms in total. The Hall–Kier alpha value is -0.650. The van der Waals surface area contributed by atoms with Gasteiger partial charge < -0.3 is 19.5 Å². The van der Waals surface area contributed by atoms with Crippen LogP contribution in [0, 0.1) is 5.92 Å². The summed E-state index contributed by atoms with van der Waals surface area (Å²) >= 11 is 0. The molecule has 1 aliphatic heterocycles. The van der Waals surface area contributed by atoms with Crippen LogP contribution in [-0.2, 0) is 19.0 Å². The van der Waals surface area contributed by atoms with E-state index in [9.17, 15) is 4.79 Å². The first-order valence-electron chi connectivity index (χ1n) is 7.35. The lowest BCUT2D eigenvalue weighted by molar-refractivity contribution is -0.150. The van der Waals surface area contributed by atoms with Gasteiger partial charge in [-0.2, -0.15) is 0 Å². The summed E-state index contributed by atoms with van der Waals surface area (Å²) in [6, 6.07) is 0.0912. The largest absolute Gasteiger partial charge is 0.463 e. The fraction of sp³-hybridized carbons (Fsp3) is 0.929. The van der Waals surface area contributed by atoms with E-state index in [-0.39, 0.29) is 17.9 Å². The average Bonchev–Trinajstić information content (AvgIpc) is 2.88. The van der Waals surface area contributed by atoms with Crippen molar-refractivity contribution in [1.29, 1.82) is 0 Å². The zero-order valence-electron chi connectivity index (χ0n) is 12.2. The van der Waals surface area contributed by atoms with E-state index in [4.69, 9.17) is 14.2 Å². The van der Waals surface area contributed by atoms with Gasteiger partial charge in [-0.15, -0.1) is 0 Å². The van der Waals surface area contributed by atoms with E-state index in [1.807, 2.05) is 0 Å². The minimum atomic E-state index is -0.179. The number of carbonyl (C=O) groups excluding carboxylic acids is 1. The third-order valence-electron chi connectivity index (χ3n) is 3.15. The minimum absolute atomic E-state index is 0.0912. The van der Waals surface area contributed by atoms with Crippen LogP contribution >= 0.6 is 0 Å². The number of unbranched alkanes of at least 4 members (excludes halogenated alkanes) is 1. The fourth-order valence-electron chi connectivity index (χ4n) is 1.97. The molecule has 0 amide bonds. The molecule has 112 valence electrons. The van der Waals surface area contributed by atoms with Crippen molar-refractivity contribution in [2.45, 2.75) is 39.2 Å². The van der Waals surface area contributed by atoms with Crippen molar-refractivity contribution in [2.75, 3.05) is 39.6 Å². The van der Waals surface area contributed by atoms with Gasteiger partial charge in [0, 0.05) is 12.6 Å². The zero-order valence-corrected chi connectivity index (χ0v) is 12.2. The Morgan fingerprint density at radius 3 is 2.79 bits per heavy atom. The Morgan fingerprint density at radius 1 is 1.21 bits per heavy atom. The molecule has 1 saturated heterocycles. The average molecular weight is 273 g/mol. The van der Waals surface area contributed by atoms with E-state index in [2.05, 4.69) is 19.2 Å². The molecule has 0 aromatic carbocycles. The predicted octanol–water partition coefficient (Wildman–Crippen LogP) is 1.36. The lowest BCUT2D eigenvalue weighted by atomic mass is 10.0. The highest BCUT2D eigenvalue weighted by Gasteiger charge is 2.34. The summed E-state index contributed by atoms with van der Waals surface area (Å²) in [5.74, 6) is -0.354. The van der Waals surface area contributed by atoms with Crippen LogP contribution in [0.3, 0.4) is 0 Å². The highest BCUT2D eigenvalue weighted by atomic mass is 16.6. The number of hydrogen-bond acceptors (Lipinski definition) is 5. The Labute approximate surface area is 116 Å². The van der Waals surface area contributed by atoms with Crippen LogP contribution in [0.5, 0.6) is 0 Å². The van der Waals surface area contributed by atoms with Gasteiger partial charge >= 0.3 is 5.97 Å².